The van der Waals surface area contributed by atoms with Crippen molar-refractivity contribution in [1.82, 2.24) is 4.72 Å². The molecule has 1 aliphatic rings. The summed E-state index contributed by atoms with van der Waals surface area (Å²) >= 11 is 0. The van der Waals surface area contributed by atoms with Crippen molar-refractivity contribution in [2.75, 3.05) is 38.0 Å². The monoisotopic (exact) mass is 609 g/mol. The van der Waals surface area contributed by atoms with Gasteiger partial charge in [0.15, 0.2) is 5.79 Å². The minimum atomic E-state index is -3.94. The fourth-order valence-electron chi connectivity index (χ4n) is 5.06. The van der Waals surface area contributed by atoms with Gasteiger partial charge in [-0.05, 0) is 35.4 Å². The van der Waals surface area contributed by atoms with E-state index < -0.39 is 21.7 Å². The number of para-hydroxylation sites is 1. The van der Waals surface area contributed by atoms with Crippen LogP contribution in [0.4, 0.5) is 11.4 Å². The fourth-order valence-corrected chi connectivity index (χ4v) is 6.19. The Labute approximate surface area is 255 Å². The van der Waals surface area contributed by atoms with Gasteiger partial charge in [-0.2, -0.15) is 0 Å². The molecule has 0 unspecified atom stereocenters. The Hall–Kier alpha value is -3.60. The molecule has 1 amide bonds. The number of methoxy groups -OCH3 is 1. The first-order valence-corrected chi connectivity index (χ1v) is 15.9. The molecule has 43 heavy (non-hydrogen) atoms. The lowest BCUT2D eigenvalue weighted by Gasteiger charge is -2.50. The highest BCUT2D eigenvalue weighted by molar-refractivity contribution is 7.89. The molecule has 1 fully saturated rings. The van der Waals surface area contributed by atoms with Gasteiger partial charge in [0, 0.05) is 41.2 Å². The molecular formula is C33H43N3O6S. The van der Waals surface area contributed by atoms with Crippen LogP contribution in [0.3, 0.4) is 0 Å². The zero-order valence-corrected chi connectivity index (χ0v) is 26.9. The van der Waals surface area contributed by atoms with Crippen molar-refractivity contribution < 1.29 is 27.4 Å². The van der Waals surface area contributed by atoms with Crippen LogP contribution in [0.15, 0.2) is 66.7 Å². The first-order valence-electron chi connectivity index (χ1n) is 14.3. The topological polar surface area (TPSA) is 115 Å². The molecule has 0 spiro atoms. The zero-order valence-electron chi connectivity index (χ0n) is 26.0. The molecule has 232 valence electrons. The van der Waals surface area contributed by atoms with Gasteiger partial charge in [-0.25, -0.2) is 13.1 Å². The third-order valence-electron chi connectivity index (χ3n) is 7.48. The Morgan fingerprint density at radius 2 is 1.60 bits per heavy atom. The van der Waals surface area contributed by atoms with Crippen molar-refractivity contribution in [2.45, 2.75) is 52.7 Å². The van der Waals surface area contributed by atoms with Gasteiger partial charge < -0.3 is 24.8 Å². The molecule has 0 bridgehead atoms. The molecule has 10 heteroatoms. The highest BCUT2D eigenvalue weighted by Crippen LogP contribution is 2.48. The predicted octanol–water partition coefficient (Wildman–Crippen LogP) is 5.88. The molecule has 0 radical (unpaired) electrons. The molecule has 1 aliphatic heterocycles. The summed E-state index contributed by atoms with van der Waals surface area (Å²) in [6.45, 7) is 12.3. The summed E-state index contributed by atoms with van der Waals surface area (Å²) in [6, 6.07) is 20.0. The normalized spacial score (nSPS) is 16.3. The molecule has 0 saturated carbocycles. The lowest BCUT2D eigenvalue weighted by molar-refractivity contribution is -0.350. The highest BCUT2D eigenvalue weighted by atomic mass is 32.2. The minimum Gasteiger partial charge on any atom is -0.495 e. The zero-order chi connectivity index (χ0) is 31.5. The number of nitrogens with one attached hydrogen (secondary N) is 3. The third kappa shape index (κ3) is 7.49. The quantitative estimate of drug-likeness (QED) is 0.261. The van der Waals surface area contributed by atoms with E-state index in [1.807, 2.05) is 30.3 Å². The molecule has 9 nitrogen and oxygen atoms in total. The van der Waals surface area contributed by atoms with Crippen molar-refractivity contribution in [1.29, 1.82) is 0 Å². The number of sulfonamides is 1. The Balaban J connectivity index is 1.43. The van der Waals surface area contributed by atoms with Gasteiger partial charge in [0.05, 0.1) is 31.8 Å². The lowest BCUT2D eigenvalue weighted by Crippen LogP contribution is -2.52. The van der Waals surface area contributed by atoms with Crippen molar-refractivity contribution >= 4 is 27.3 Å². The first-order chi connectivity index (χ1) is 20.2. The summed E-state index contributed by atoms with van der Waals surface area (Å²) < 4.78 is 46.0. The van der Waals surface area contributed by atoms with Gasteiger partial charge in [-0.1, -0.05) is 77.1 Å². The smallest absolute Gasteiger partial charge is 0.264 e. The number of rotatable bonds is 10. The summed E-state index contributed by atoms with van der Waals surface area (Å²) in [7, 11) is -0.723. The Kier molecular flexibility index (Phi) is 9.44. The van der Waals surface area contributed by atoms with E-state index in [0.29, 0.717) is 42.4 Å². The van der Waals surface area contributed by atoms with E-state index in [4.69, 9.17) is 14.2 Å². The predicted molar refractivity (Wildman–Crippen MR) is 170 cm³/mol. The van der Waals surface area contributed by atoms with Gasteiger partial charge >= 0.3 is 0 Å². The number of hydrogen-bond acceptors (Lipinski definition) is 8. The molecule has 1 saturated heterocycles. The van der Waals surface area contributed by atoms with E-state index in [1.54, 1.807) is 37.4 Å². The second-order valence-electron chi connectivity index (χ2n) is 12.7. The SMILES string of the molecule is CNc1ccccc1CS(=O)(=O)NC(=O)c1ccc(NCc2ccc(C3(C(C)(C)C)OCC(C)(C)CO3)cc2)c(OC)c1. The van der Waals surface area contributed by atoms with E-state index in [0.717, 1.165) is 11.1 Å². The molecule has 3 aromatic rings. The Bertz CT molecular complexity index is 1540. The maximum atomic E-state index is 12.9. The van der Waals surface area contributed by atoms with E-state index in [2.05, 4.69) is 50.0 Å². The van der Waals surface area contributed by atoms with E-state index in [9.17, 15) is 13.2 Å². The van der Waals surface area contributed by atoms with Crippen LogP contribution in [0.5, 0.6) is 5.75 Å². The molecule has 3 aromatic carbocycles. The number of benzene rings is 3. The van der Waals surface area contributed by atoms with Gasteiger partial charge in [0.1, 0.15) is 5.75 Å². The molecule has 0 aliphatic carbocycles. The highest BCUT2D eigenvalue weighted by Gasteiger charge is 2.50. The van der Waals surface area contributed by atoms with Gasteiger partial charge in [-0.3, -0.25) is 4.79 Å². The van der Waals surface area contributed by atoms with Crippen molar-refractivity contribution in [3.05, 3.63) is 89.0 Å². The standard InChI is InChI=1S/C33H43N3O6S/c1-31(2,3)33(41-21-32(4,5)22-42-33)26-15-12-23(13-16-26)19-35-28-17-14-24(18-29(28)40-7)30(37)36-43(38,39)20-25-10-8-9-11-27(25)34-6/h8-18,34-35H,19-22H2,1-7H3,(H,36,37). The Morgan fingerprint density at radius 3 is 2.21 bits per heavy atom. The maximum Gasteiger partial charge on any atom is 0.264 e. The average Bonchev–Trinajstić information content (AvgIpc) is 2.95. The summed E-state index contributed by atoms with van der Waals surface area (Å²) in [5.41, 5.74) is 3.76. The second kappa shape index (κ2) is 12.6. The molecule has 1 heterocycles. The maximum absolute atomic E-state index is 12.9. The van der Waals surface area contributed by atoms with Crippen LogP contribution in [-0.4, -0.2) is 41.7 Å². The van der Waals surface area contributed by atoms with Crippen molar-refractivity contribution in [3.8, 4) is 5.75 Å². The largest absolute Gasteiger partial charge is 0.495 e. The van der Waals surface area contributed by atoms with E-state index in [1.165, 1.54) is 13.2 Å². The van der Waals surface area contributed by atoms with Crippen LogP contribution >= 0.6 is 0 Å². The fraction of sp³-hybridized carbons (Fsp3) is 0.424. The molecular weight excluding hydrogens is 566 g/mol. The van der Waals surface area contributed by atoms with E-state index in [-0.39, 0.29) is 22.1 Å². The first kappa shape index (κ1) is 32.3. The summed E-state index contributed by atoms with van der Waals surface area (Å²) in [5, 5.41) is 6.31. The van der Waals surface area contributed by atoms with E-state index >= 15 is 0 Å². The van der Waals surface area contributed by atoms with Crippen LogP contribution < -0.4 is 20.1 Å². The number of anilines is 2. The average molecular weight is 610 g/mol. The molecule has 0 aromatic heterocycles. The molecule has 3 N–H and O–H groups in total. The molecule has 0 atom stereocenters. The van der Waals surface area contributed by atoms with Crippen LogP contribution in [0.2, 0.25) is 0 Å². The van der Waals surface area contributed by atoms with Crippen LogP contribution in [0.25, 0.3) is 0 Å². The minimum absolute atomic E-state index is 0.0409. The summed E-state index contributed by atoms with van der Waals surface area (Å²) in [4.78, 5) is 12.9. The number of hydrogen-bond donors (Lipinski definition) is 3. The van der Waals surface area contributed by atoms with Gasteiger partial charge in [-0.15, -0.1) is 0 Å². The number of carbonyl (C=O) groups is 1. The lowest BCUT2D eigenvalue weighted by atomic mass is 9.79. The van der Waals surface area contributed by atoms with Crippen LogP contribution in [0, 0.1) is 10.8 Å². The van der Waals surface area contributed by atoms with Crippen molar-refractivity contribution in [3.63, 3.8) is 0 Å². The second-order valence-corrected chi connectivity index (χ2v) is 14.4. The third-order valence-corrected chi connectivity index (χ3v) is 8.67. The molecule has 4 rings (SSSR count). The number of ether oxygens (including phenoxy) is 3. The van der Waals surface area contributed by atoms with Crippen LogP contribution in [-0.2, 0) is 37.6 Å². The van der Waals surface area contributed by atoms with Crippen LogP contribution in [0.1, 0.15) is 61.7 Å². The number of amides is 1. The van der Waals surface area contributed by atoms with Crippen molar-refractivity contribution in [2.24, 2.45) is 10.8 Å². The summed E-state index contributed by atoms with van der Waals surface area (Å²) in [5.74, 6) is -1.48. The van der Waals surface area contributed by atoms with Gasteiger partial charge in [0.25, 0.3) is 5.91 Å². The van der Waals surface area contributed by atoms with Gasteiger partial charge in [0.2, 0.25) is 10.0 Å². The summed E-state index contributed by atoms with van der Waals surface area (Å²) in [6.07, 6.45) is 0. The number of carbonyl (C=O) groups excluding carboxylic acids is 1. The Morgan fingerprint density at radius 1 is 0.953 bits per heavy atom.